The second-order valence-corrected chi connectivity index (χ2v) is 4.54. The van der Waals surface area contributed by atoms with Gasteiger partial charge in [-0.25, -0.2) is 4.98 Å². The van der Waals surface area contributed by atoms with E-state index < -0.39 is 0 Å². The summed E-state index contributed by atoms with van der Waals surface area (Å²) in [5.74, 6) is 0.727. The van der Waals surface area contributed by atoms with Crippen LogP contribution in [0.15, 0.2) is 30.0 Å². The zero-order chi connectivity index (χ0) is 12.1. The maximum atomic E-state index is 11.8. The van der Waals surface area contributed by atoms with Crippen LogP contribution in [0.1, 0.15) is 10.4 Å². The maximum absolute atomic E-state index is 11.8. The minimum Gasteiger partial charge on any atom is -0.481 e. The first-order valence-corrected chi connectivity index (χ1v) is 6.04. The van der Waals surface area contributed by atoms with Gasteiger partial charge in [0.05, 0.1) is 12.6 Å². The molecule has 0 saturated heterocycles. The molecule has 0 aliphatic carbocycles. The molecular weight excluding hydrogens is 236 g/mol. The average Bonchev–Trinajstić information content (AvgIpc) is 2.82. The molecule has 2 aromatic heterocycles. The van der Waals surface area contributed by atoms with Crippen LogP contribution in [-0.4, -0.2) is 22.9 Å². The van der Waals surface area contributed by atoms with Crippen molar-refractivity contribution in [2.45, 2.75) is 12.8 Å². The largest absolute Gasteiger partial charge is 0.481 e. The Kier molecular flexibility index (Phi) is 3.82. The molecule has 4 nitrogen and oxygen atoms in total. The molecule has 88 valence electrons. The Morgan fingerprint density at radius 3 is 2.82 bits per heavy atom. The Balaban J connectivity index is 1.93. The average molecular weight is 248 g/mol. The first-order valence-electron chi connectivity index (χ1n) is 5.16. The molecule has 0 radical (unpaired) electrons. The molecular formula is C12H12N2O2S. The van der Waals surface area contributed by atoms with E-state index in [9.17, 15) is 4.79 Å². The van der Waals surface area contributed by atoms with E-state index in [-0.39, 0.29) is 5.78 Å². The number of hydrogen-bond donors (Lipinski definition) is 0. The Bertz CT molecular complexity index is 480. The topological polar surface area (TPSA) is 52.1 Å². The first kappa shape index (κ1) is 11.7. The molecule has 0 atom stereocenters. The van der Waals surface area contributed by atoms with Crippen LogP contribution in [-0.2, 0) is 17.6 Å². The zero-order valence-electron chi connectivity index (χ0n) is 9.42. The van der Waals surface area contributed by atoms with Crippen LogP contribution in [0.25, 0.3) is 0 Å². The minimum atomic E-state index is 0.168. The van der Waals surface area contributed by atoms with Crippen molar-refractivity contribution in [1.29, 1.82) is 0 Å². The molecule has 2 aromatic rings. The van der Waals surface area contributed by atoms with Crippen molar-refractivity contribution in [1.82, 2.24) is 9.97 Å². The number of aromatic nitrogens is 2. The van der Waals surface area contributed by atoms with Crippen LogP contribution in [0.3, 0.4) is 0 Å². The monoisotopic (exact) mass is 248 g/mol. The molecule has 0 N–H and O–H groups in total. The minimum absolute atomic E-state index is 0.168. The number of ketones is 1. The van der Waals surface area contributed by atoms with E-state index in [2.05, 4.69) is 9.97 Å². The lowest BCUT2D eigenvalue weighted by atomic mass is 10.1. The van der Waals surface area contributed by atoms with Gasteiger partial charge in [0.1, 0.15) is 5.78 Å². The van der Waals surface area contributed by atoms with E-state index in [1.807, 2.05) is 6.07 Å². The molecule has 0 saturated carbocycles. The van der Waals surface area contributed by atoms with E-state index in [1.54, 1.807) is 31.1 Å². The summed E-state index contributed by atoms with van der Waals surface area (Å²) in [5, 5.41) is 0. The van der Waals surface area contributed by atoms with Crippen molar-refractivity contribution in [3.63, 3.8) is 0 Å². The summed E-state index contributed by atoms with van der Waals surface area (Å²) in [5.41, 5.74) is 2.64. The predicted molar refractivity (Wildman–Crippen MR) is 65.3 cm³/mol. The number of thiazole rings is 1. The number of carbonyl (C=O) groups is 1. The van der Waals surface area contributed by atoms with Gasteiger partial charge in [0.15, 0.2) is 0 Å². The number of pyridine rings is 1. The van der Waals surface area contributed by atoms with Crippen LogP contribution >= 0.6 is 11.3 Å². The van der Waals surface area contributed by atoms with Crippen molar-refractivity contribution in [3.8, 4) is 5.88 Å². The molecule has 0 aliphatic rings. The summed E-state index contributed by atoms with van der Waals surface area (Å²) in [7, 11) is 1.57. The number of ether oxygens (including phenoxy) is 1. The third-order valence-electron chi connectivity index (χ3n) is 2.26. The molecule has 0 fully saturated rings. The molecule has 0 aliphatic heterocycles. The lowest BCUT2D eigenvalue weighted by Crippen LogP contribution is -2.05. The van der Waals surface area contributed by atoms with Crippen molar-refractivity contribution in [3.05, 3.63) is 40.5 Å². The molecule has 0 unspecified atom stereocenters. The summed E-state index contributed by atoms with van der Waals surface area (Å²) in [6, 6.07) is 3.62. The van der Waals surface area contributed by atoms with E-state index >= 15 is 0 Å². The molecule has 0 spiro atoms. The fourth-order valence-corrected chi connectivity index (χ4v) is 2.07. The van der Waals surface area contributed by atoms with Gasteiger partial charge in [0.25, 0.3) is 0 Å². The normalized spacial score (nSPS) is 10.2. The van der Waals surface area contributed by atoms with Gasteiger partial charge in [-0.3, -0.25) is 9.78 Å². The predicted octanol–water partition coefficient (Wildman–Crippen LogP) is 1.90. The Labute approximate surface area is 103 Å². The van der Waals surface area contributed by atoms with Crippen molar-refractivity contribution >= 4 is 17.1 Å². The van der Waals surface area contributed by atoms with E-state index in [4.69, 9.17) is 4.74 Å². The van der Waals surface area contributed by atoms with Gasteiger partial charge in [-0.1, -0.05) is 6.07 Å². The summed E-state index contributed by atoms with van der Waals surface area (Å²) in [6.45, 7) is 0. The van der Waals surface area contributed by atoms with Crippen molar-refractivity contribution in [2.75, 3.05) is 7.11 Å². The summed E-state index contributed by atoms with van der Waals surface area (Å²) >= 11 is 1.50. The van der Waals surface area contributed by atoms with Gasteiger partial charge in [-0.15, -0.1) is 11.3 Å². The number of methoxy groups -OCH3 is 1. The smallest absolute Gasteiger partial charge is 0.212 e. The second-order valence-electron chi connectivity index (χ2n) is 3.57. The number of hydrogen-bond acceptors (Lipinski definition) is 5. The highest BCUT2D eigenvalue weighted by molar-refractivity contribution is 7.09. The highest BCUT2D eigenvalue weighted by Gasteiger charge is 2.07. The van der Waals surface area contributed by atoms with Crippen LogP contribution in [0.2, 0.25) is 0 Å². The number of carbonyl (C=O) groups excluding carboxylic acids is 1. The van der Waals surface area contributed by atoms with E-state index in [1.165, 1.54) is 11.3 Å². The van der Waals surface area contributed by atoms with Gasteiger partial charge in [-0.2, -0.15) is 0 Å². The van der Waals surface area contributed by atoms with Crippen LogP contribution in [0, 0.1) is 0 Å². The quantitative estimate of drug-likeness (QED) is 0.811. The first-order chi connectivity index (χ1) is 8.28. The lowest BCUT2D eigenvalue weighted by Gasteiger charge is -2.01. The van der Waals surface area contributed by atoms with Gasteiger partial charge in [0, 0.05) is 36.2 Å². The number of nitrogens with zero attached hydrogens (tertiary/aromatic N) is 2. The van der Waals surface area contributed by atoms with Crippen LogP contribution in [0.5, 0.6) is 5.88 Å². The van der Waals surface area contributed by atoms with Gasteiger partial charge in [-0.05, 0) is 5.56 Å². The third kappa shape index (κ3) is 3.35. The molecule has 0 amide bonds. The summed E-state index contributed by atoms with van der Waals surface area (Å²) in [6.07, 6.45) is 4.24. The van der Waals surface area contributed by atoms with Gasteiger partial charge < -0.3 is 4.74 Å². The zero-order valence-corrected chi connectivity index (χ0v) is 10.2. The molecule has 2 heterocycles. The molecule has 0 aromatic carbocycles. The Hall–Kier alpha value is -1.75. The summed E-state index contributed by atoms with van der Waals surface area (Å²) in [4.78, 5) is 20.8. The SMILES string of the molecule is COc1ccc(CC(=O)Cc2cncs2)cn1. The molecule has 0 bridgehead atoms. The van der Waals surface area contributed by atoms with Crippen LogP contribution < -0.4 is 4.74 Å². The summed E-state index contributed by atoms with van der Waals surface area (Å²) < 4.78 is 4.96. The fraction of sp³-hybridized carbons (Fsp3) is 0.250. The van der Waals surface area contributed by atoms with Crippen molar-refractivity contribution in [2.24, 2.45) is 0 Å². The van der Waals surface area contributed by atoms with E-state index in [0.717, 1.165) is 10.4 Å². The molecule has 17 heavy (non-hydrogen) atoms. The van der Waals surface area contributed by atoms with Gasteiger partial charge in [0.2, 0.25) is 5.88 Å². The third-order valence-corrected chi connectivity index (χ3v) is 3.04. The number of Topliss-reactive ketones (excluding diaryl/α,β-unsaturated/α-hetero) is 1. The fourth-order valence-electron chi connectivity index (χ4n) is 1.45. The second kappa shape index (κ2) is 5.54. The Morgan fingerprint density at radius 2 is 2.24 bits per heavy atom. The lowest BCUT2D eigenvalue weighted by molar-refractivity contribution is -0.117. The molecule has 2 rings (SSSR count). The highest BCUT2D eigenvalue weighted by atomic mass is 32.1. The van der Waals surface area contributed by atoms with E-state index in [0.29, 0.717) is 18.7 Å². The highest BCUT2D eigenvalue weighted by Crippen LogP contribution is 2.11. The molecule has 5 heteroatoms. The number of rotatable bonds is 5. The van der Waals surface area contributed by atoms with Crippen molar-refractivity contribution < 1.29 is 9.53 Å². The van der Waals surface area contributed by atoms with Crippen LogP contribution in [0.4, 0.5) is 0 Å². The Morgan fingerprint density at radius 1 is 1.35 bits per heavy atom. The van der Waals surface area contributed by atoms with Gasteiger partial charge >= 0.3 is 0 Å². The maximum Gasteiger partial charge on any atom is 0.212 e. The standard InChI is InChI=1S/C12H12N2O2S/c1-16-12-3-2-9(6-14-12)4-10(15)5-11-7-13-8-17-11/h2-3,6-8H,4-5H2,1H3.